The van der Waals surface area contributed by atoms with Crippen LogP contribution in [0.15, 0.2) is 12.4 Å². The molecule has 5 heteroatoms. The molecule has 1 rings (SSSR count). The third kappa shape index (κ3) is 4.32. The highest BCUT2D eigenvalue weighted by atomic mass is 19.4. The van der Waals surface area contributed by atoms with E-state index >= 15 is 0 Å². The first kappa shape index (κ1) is 13.9. The summed E-state index contributed by atoms with van der Waals surface area (Å²) in [5.41, 5.74) is 0.814. The number of nitrogens with zero attached hydrogens (tertiary/aromatic N) is 2. The molecule has 17 heavy (non-hydrogen) atoms. The second kappa shape index (κ2) is 5.02. The van der Waals surface area contributed by atoms with Crippen molar-refractivity contribution in [3.8, 4) is 0 Å². The molecule has 2 nitrogen and oxygen atoms in total. The normalized spacial score (nSPS) is 12.8. The average Bonchev–Trinajstić information content (AvgIpc) is 2.16. The number of hydrogen-bond donors (Lipinski definition) is 0. The maximum absolute atomic E-state index is 12.3. The standard InChI is InChI=1S/C12H17F3N2/c1-4-5-11(2,3)6-9-7-16-10(17-8-9)12(13,14)15/h7-8H,4-6H2,1-3H3. The Morgan fingerprint density at radius 2 is 1.65 bits per heavy atom. The smallest absolute Gasteiger partial charge is 0.233 e. The van der Waals surface area contributed by atoms with Crippen molar-refractivity contribution < 1.29 is 13.2 Å². The van der Waals surface area contributed by atoms with Gasteiger partial charge in [0.15, 0.2) is 0 Å². The van der Waals surface area contributed by atoms with Crippen LogP contribution in [0.2, 0.25) is 0 Å². The molecule has 0 N–H and O–H groups in total. The summed E-state index contributed by atoms with van der Waals surface area (Å²) in [6, 6.07) is 0. The van der Waals surface area contributed by atoms with E-state index in [9.17, 15) is 13.2 Å². The summed E-state index contributed by atoms with van der Waals surface area (Å²) in [6.07, 6.45) is 0.847. The molecule has 0 bridgehead atoms. The predicted molar refractivity (Wildman–Crippen MR) is 59.4 cm³/mol. The third-order valence-electron chi connectivity index (χ3n) is 2.57. The fourth-order valence-electron chi connectivity index (χ4n) is 1.91. The van der Waals surface area contributed by atoms with Crippen LogP contribution >= 0.6 is 0 Å². The van der Waals surface area contributed by atoms with Gasteiger partial charge in [0, 0.05) is 12.4 Å². The van der Waals surface area contributed by atoms with Gasteiger partial charge in [-0.15, -0.1) is 0 Å². The van der Waals surface area contributed by atoms with Gasteiger partial charge in [-0.2, -0.15) is 13.2 Å². The lowest BCUT2D eigenvalue weighted by Crippen LogP contribution is -2.16. The van der Waals surface area contributed by atoms with Crippen LogP contribution in [0.3, 0.4) is 0 Å². The number of aromatic nitrogens is 2. The summed E-state index contributed by atoms with van der Waals surface area (Å²) in [7, 11) is 0. The van der Waals surface area contributed by atoms with Crippen molar-refractivity contribution >= 4 is 0 Å². The molecule has 0 saturated heterocycles. The first-order valence-electron chi connectivity index (χ1n) is 5.63. The quantitative estimate of drug-likeness (QED) is 0.806. The molecule has 0 aromatic carbocycles. The number of hydrogen-bond acceptors (Lipinski definition) is 2. The van der Waals surface area contributed by atoms with E-state index in [0.717, 1.165) is 18.4 Å². The Morgan fingerprint density at radius 1 is 1.12 bits per heavy atom. The Morgan fingerprint density at radius 3 is 2.06 bits per heavy atom. The highest BCUT2D eigenvalue weighted by Crippen LogP contribution is 2.28. The minimum atomic E-state index is -4.46. The van der Waals surface area contributed by atoms with Crippen LogP contribution in [-0.2, 0) is 12.6 Å². The fraction of sp³-hybridized carbons (Fsp3) is 0.667. The molecule has 1 aromatic heterocycles. The summed E-state index contributed by atoms with van der Waals surface area (Å²) in [5, 5.41) is 0. The molecule has 1 heterocycles. The van der Waals surface area contributed by atoms with Gasteiger partial charge >= 0.3 is 6.18 Å². The average molecular weight is 246 g/mol. The molecule has 0 amide bonds. The topological polar surface area (TPSA) is 25.8 Å². The van der Waals surface area contributed by atoms with Crippen LogP contribution in [0, 0.1) is 5.41 Å². The van der Waals surface area contributed by atoms with Crippen LogP contribution in [-0.4, -0.2) is 9.97 Å². The Kier molecular flexibility index (Phi) is 4.11. The predicted octanol–water partition coefficient (Wildman–Crippen LogP) is 3.86. The van der Waals surface area contributed by atoms with Gasteiger partial charge in [-0.1, -0.05) is 27.2 Å². The van der Waals surface area contributed by atoms with Crippen molar-refractivity contribution in [2.45, 2.75) is 46.2 Å². The summed E-state index contributed by atoms with van der Waals surface area (Å²) in [4.78, 5) is 6.72. The van der Waals surface area contributed by atoms with Crippen molar-refractivity contribution in [3.05, 3.63) is 23.8 Å². The maximum atomic E-state index is 12.3. The maximum Gasteiger partial charge on any atom is 0.451 e. The van der Waals surface area contributed by atoms with Gasteiger partial charge in [0.05, 0.1) is 0 Å². The lowest BCUT2D eigenvalue weighted by Gasteiger charge is -2.23. The van der Waals surface area contributed by atoms with Crippen LogP contribution < -0.4 is 0 Å². The van der Waals surface area contributed by atoms with Crippen LogP contribution in [0.4, 0.5) is 13.2 Å². The van der Waals surface area contributed by atoms with Crippen LogP contribution in [0.25, 0.3) is 0 Å². The monoisotopic (exact) mass is 246 g/mol. The zero-order chi connectivity index (χ0) is 13.1. The van der Waals surface area contributed by atoms with Gasteiger partial charge in [0.25, 0.3) is 0 Å². The molecule has 0 aliphatic rings. The van der Waals surface area contributed by atoms with Gasteiger partial charge in [-0.3, -0.25) is 0 Å². The number of halogens is 3. The second-order valence-corrected chi connectivity index (χ2v) is 5.00. The van der Waals surface area contributed by atoms with E-state index in [1.165, 1.54) is 12.4 Å². The van der Waals surface area contributed by atoms with Crippen molar-refractivity contribution in [1.29, 1.82) is 0 Å². The van der Waals surface area contributed by atoms with Crippen LogP contribution in [0.5, 0.6) is 0 Å². The van der Waals surface area contributed by atoms with E-state index in [1.807, 2.05) is 0 Å². The number of alkyl halides is 3. The van der Waals surface area contributed by atoms with Crippen molar-refractivity contribution in [2.24, 2.45) is 5.41 Å². The van der Waals surface area contributed by atoms with Crippen LogP contribution in [0.1, 0.15) is 45.0 Å². The summed E-state index contributed by atoms with van der Waals surface area (Å²) in [5.74, 6) is -1.07. The van der Waals surface area contributed by atoms with E-state index in [1.54, 1.807) is 0 Å². The van der Waals surface area contributed by atoms with Gasteiger partial charge in [0.1, 0.15) is 0 Å². The first-order valence-corrected chi connectivity index (χ1v) is 5.63. The SMILES string of the molecule is CCCC(C)(C)Cc1cnc(C(F)(F)F)nc1. The Bertz CT molecular complexity index is 355. The van der Waals surface area contributed by atoms with E-state index in [2.05, 4.69) is 30.7 Å². The molecule has 0 aliphatic heterocycles. The lowest BCUT2D eigenvalue weighted by molar-refractivity contribution is -0.145. The van der Waals surface area contributed by atoms with Crippen molar-refractivity contribution in [3.63, 3.8) is 0 Å². The zero-order valence-corrected chi connectivity index (χ0v) is 10.3. The van der Waals surface area contributed by atoms with Gasteiger partial charge < -0.3 is 0 Å². The van der Waals surface area contributed by atoms with Gasteiger partial charge in [0.2, 0.25) is 5.82 Å². The molecule has 0 spiro atoms. The highest BCUT2D eigenvalue weighted by Gasteiger charge is 2.34. The molecule has 0 radical (unpaired) electrons. The molecule has 0 saturated carbocycles. The third-order valence-corrected chi connectivity index (χ3v) is 2.57. The summed E-state index contributed by atoms with van der Waals surface area (Å²) >= 11 is 0. The van der Waals surface area contributed by atoms with Gasteiger partial charge in [-0.05, 0) is 23.8 Å². The molecule has 96 valence electrons. The summed E-state index contributed by atoms with van der Waals surface area (Å²) < 4.78 is 36.8. The van der Waals surface area contributed by atoms with Gasteiger partial charge in [-0.25, -0.2) is 9.97 Å². The Balaban J connectivity index is 2.75. The van der Waals surface area contributed by atoms with E-state index in [0.29, 0.717) is 6.42 Å². The first-order chi connectivity index (χ1) is 7.74. The second-order valence-electron chi connectivity index (χ2n) is 5.00. The molecule has 0 unspecified atom stereocenters. The number of rotatable bonds is 4. The van der Waals surface area contributed by atoms with Crippen molar-refractivity contribution in [2.75, 3.05) is 0 Å². The highest BCUT2D eigenvalue weighted by molar-refractivity contribution is 5.08. The molecule has 0 fully saturated rings. The molecule has 0 atom stereocenters. The Hall–Kier alpha value is -1.13. The van der Waals surface area contributed by atoms with E-state index in [4.69, 9.17) is 0 Å². The van der Waals surface area contributed by atoms with Crippen molar-refractivity contribution in [1.82, 2.24) is 9.97 Å². The summed E-state index contributed by atoms with van der Waals surface area (Å²) in [6.45, 7) is 6.27. The molecular formula is C12H17F3N2. The van der Waals surface area contributed by atoms with E-state index in [-0.39, 0.29) is 5.41 Å². The largest absolute Gasteiger partial charge is 0.451 e. The lowest BCUT2D eigenvalue weighted by atomic mass is 9.82. The minimum absolute atomic E-state index is 0.0673. The fourth-order valence-corrected chi connectivity index (χ4v) is 1.91. The molecule has 0 aliphatic carbocycles. The Labute approximate surface area is 99.3 Å². The zero-order valence-electron chi connectivity index (χ0n) is 10.3. The molecular weight excluding hydrogens is 229 g/mol. The minimum Gasteiger partial charge on any atom is -0.233 e. The van der Waals surface area contributed by atoms with E-state index < -0.39 is 12.0 Å². The molecule has 1 aromatic rings.